The number of nitrogens with one attached hydrogen (secondary N) is 1. The molecule has 0 bridgehead atoms. The second-order valence-corrected chi connectivity index (χ2v) is 6.90. The van der Waals surface area contributed by atoms with E-state index in [1.54, 1.807) is 4.31 Å². The standard InChI is InChI=1S/C12H26N2O2S/c1-4-11(3)14(5-2)17(15,16)10-6-9-13-12-7-8-12/h11-13H,4-10H2,1-3H3. The molecule has 0 heterocycles. The maximum atomic E-state index is 12.1. The van der Waals surface area contributed by atoms with Crippen LogP contribution in [0.2, 0.25) is 0 Å². The Morgan fingerprint density at radius 1 is 1.35 bits per heavy atom. The van der Waals surface area contributed by atoms with Crippen molar-refractivity contribution >= 4 is 10.0 Å². The average molecular weight is 262 g/mol. The van der Waals surface area contributed by atoms with Crippen LogP contribution in [0.25, 0.3) is 0 Å². The summed E-state index contributed by atoms with van der Waals surface area (Å²) in [5, 5.41) is 3.35. The molecule has 0 amide bonds. The zero-order valence-corrected chi connectivity index (χ0v) is 12.1. The van der Waals surface area contributed by atoms with Gasteiger partial charge in [0.2, 0.25) is 10.0 Å². The summed E-state index contributed by atoms with van der Waals surface area (Å²) in [4.78, 5) is 0. The van der Waals surface area contributed by atoms with E-state index in [-0.39, 0.29) is 11.8 Å². The first-order chi connectivity index (χ1) is 8.01. The van der Waals surface area contributed by atoms with E-state index in [1.807, 2.05) is 20.8 Å². The summed E-state index contributed by atoms with van der Waals surface area (Å²) in [7, 11) is -3.07. The van der Waals surface area contributed by atoms with Crippen molar-refractivity contribution in [1.82, 2.24) is 9.62 Å². The van der Waals surface area contributed by atoms with Crippen LogP contribution in [0, 0.1) is 0 Å². The molecule has 1 unspecified atom stereocenters. The summed E-state index contributed by atoms with van der Waals surface area (Å²) in [6.07, 6.45) is 4.08. The molecule has 0 aliphatic heterocycles. The Morgan fingerprint density at radius 2 is 2.00 bits per heavy atom. The largest absolute Gasteiger partial charge is 0.314 e. The highest BCUT2D eigenvalue weighted by atomic mass is 32.2. The van der Waals surface area contributed by atoms with E-state index in [0.717, 1.165) is 13.0 Å². The SMILES string of the molecule is CCC(C)N(CC)S(=O)(=O)CCCNC1CC1. The smallest absolute Gasteiger partial charge is 0.214 e. The minimum atomic E-state index is -3.07. The molecule has 0 aromatic carbocycles. The van der Waals surface area contributed by atoms with Gasteiger partial charge >= 0.3 is 0 Å². The van der Waals surface area contributed by atoms with E-state index in [2.05, 4.69) is 5.32 Å². The van der Waals surface area contributed by atoms with Crippen molar-refractivity contribution in [2.24, 2.45) is 0 Å². The molecule has 1 rings (SSSR count). The van der Waals surface area contributed by atoms with Gasteiger partial charge in [-0.05, 0) is 39.2 Å². The number of hydrogen-bond donors (Lipinski definition) is 1. The van der Waals surface area contributed by atoms with Crippen LogP contribution in [0.1, 0.15) is 46.5 Å². The van der Waals surface area contributed by atoms with E-state index in [0.29, 0.717) is 19.0 Å². The molecular formula is C12H26N2O2S. The fourth-order valence-electron chi connectivity index (χ4n) is 1.95. The molecule has 1 saturated carbocycles. The molecule has 0 aromatic heterocycles. The molecule has 1 aliphatic carbocycles. The molecule has 0 radical (unpaired) electrons. The normalized spacial score (nSPS) is 18.6. The topological polar surface area (TPSA) is 49.4 Å². The number of sulfonamides is 1. The summed E-state index contributed by atoms with van der Waals surface area (Å²) in [5.41, 5.74) is 0. The van der Waals surface area contributed by atoms with Gasteiger partial charge in [-0.25, -0.2) is 8.42 Å². The third-order valence-corrected chi connectivity index (χ3v) is 5.48. The monoisotopic (exact) mass is 262 g/mol. The molecule has 1 atom stereocenters. The second kappa shape index (κ2) is 6.71. The van der Waals surface area contributed by atoms with Crippen LogP contribution in [0.15, 0.2) is 0 Å². The second-order valence-electron chi connectivity index (χ2n) is 4.86. The van der Waals surface area contributed by atoms with Gasteiger partial charge in [0.25, 0.3) is 0 Å². The van der Waals surface area contributed by atoms with E-state index in [4.69, 9.17) is 0 Å². The predicted octanol–water partition coefficient (Wildman–Crippen LogP) is 1.58. The lowest BCUT2D eigenvalue weighted by Gasteiger charge is -2.26. The maximum Gasteiger partial charge on any atom is 0.214 e. The molecule has 0 spiro atoms. The predicted molar refractivity (Wildman–Crippen MR) is 71.6 cm³/mol. The van der Waals surface area contributed by atoms with Gasteiger partial charge in [-0.3, -0.25) is 0 Å². The quantitative estimate of drug-likeness (QED) is 0.642. The summed E-state index contributed by atoms with van der Waals surface area (Å²) in [6.45, 7) is 7.31. The Kier molecular flexibility index (Phi) is 5.89. The Hall–Kier alpha value is -0.130. The fraction of sp³-hybridized carbons (Fsp3) is 1.00. The van der Waals surface area contributed by atoms with Crippen molar-refractivity contribution in [3.05, 3.63) is 0 Å². The number of nitrogens with zero attached hydrogens (tertiary/aromatic N) is 1. The van der Waals surface area contributed by atoms with Crippen LogP contribution in [0.5, 0.6) is 0 Å². The lowest BCUT2D eigenvalue weighted by Crippen LogP contribution is -2.40. The summed E-state index contributed by atoms with van der Waals surface area (Å²) < 4.78 is 25.9. The lowest BCUT2D eigenvalue weighted by molar-refractivity contribution is 0.342. The van der Waals surface area contributed by atoms with Crippen LogP contribution in [-0.4, -0.2) is 43.6 Å². The first kappa shape index (κ1) is 14.9. The van der Waals surface area contributed by atoms with Crippen molar-refractivity contribution in [1.29, 1.82) is 0 Å². The zero-order valence-electron chi connectivity index (χ0n) is 11.3. The van der Waals surface area contributed by atoms with Crippen molar-refractivity contribution in [3.63, 3.8) is 0 Å². The number of rotatable bonds is 9. The van der Waals surface area contributed by atoms with Gasteiger partial charge in [0.15, 0.2) is 0 Å². The van der Waals surface area contributed by atoms with Crippen molar-refractivity contribution < 1.29 is 8.42 Å². The van der Waals surface area contributed by atoms with E-state index in [1.165, 1.54) is 12.8 Å². The van der Waals surface area contributed by atoms with Crippen molar-refractivity contribution in [3.8, 4) is 0 Å². The van der Waals surface area contributed by atoms with E-state index < -0.39 is 10.0 Å². The van der Waals surface area contributed by atoms with Gasteiger partial charge < -0.3 is 5.32 Å². The van der Waals surface area contributed by atoms with Gasteiger partial charge in [-0.15, -0.1) is 0 Å². The Balaban J connectivity index is 2.35. The molecular weight excluding hydrogens is 236 g/mol. The molecule has 1 fully saturated rings. The molecule has 0 saturated heterocycles. The highest BCUT2D eigenvalue weighted by Gasteiger charge is 2.25. The fourth-order valence-corrected chi connectivity index (χ4v) is 3.79. The van der Waals surface area contributed by atoms with Crippen LogP contribution in [0.3, 0.4) is 0 Å². The molecule has 4 nitrogen and oxygen atoms in total. The summed E-state index contributed by atoms with van der Waals surface area (Å²) >= 11 is 0. The highest BCUT2D eigenvalue weighted by molar-refractivity contribution is 7.89. The minimum absolute atomic E-state index is 0.112. The van der Waals surface area contributed by atoms with Crippen molar-refractivity contribution in [2.75, 3.05) is 18.8 Å². The third kappa shape index (κ3) is 4.94. The summed E-state index contributed by atoms with van der Waals surface area (Å²) in [5.74, 6) is 0.269. The average Bonchev–Trinajstić information content (AvgIpc) is 3.08. The first-order valence-electron chi connectivity index (χ1n) is 6.74. The van der Waals surface area contributed by atoms with Gasteiger partial charge in [-0.1, -0.05) is 13.8 Å². The van der Waals surface area contributed by atoms with Crippen LogP contribution < -0.4 is 5.32 Å². The van der Waals surface area contributed by atoms with Gasteiger partial charge in [0.1, 0.15) is 0 Å². The lowest BCUT2D eigenvalue weighted by atomic mass is 10.3. The molecule has 1 aliphatic rings. The van der Waals surface area contributed by atoms with Gasteiger partial charge in [-0.2, -0.15) is 4.31 Å². The summed E-state index contributed by atoms with van der Waals surface area (Å²) in [6, 6.07) is 0.774. The van der Waals surface area contributed by atoms with E-state index in [9.17, 15) is 8.42 Å². The highest BCUT2D eigenvalue weighted by Crippen LogP contribution is 2.18. The third-order valence-electron chi connectivity index (χ3n) is 3.34. The van der Waals surface area contributed by atoms with Gasteiger partial charge in [0.05, 0.1) is 5.75 Å². The maximum absolute atomic E-state index is 12.1. The zero-order chi connectivity index (χ0) is 12.9. The Bertz CT molecular complexity index is 312. The molecule has 1 N–H and O–H groups in total. The first-order valence-corrected chi connectivity index (χ1v) is 8.35. The Morgan fingerprint density at radius 3 is 2.47 bits per heavy atom. The minimum Gasteiger partial charge on any atom is -0.314 e. The molecule has 17 heavy (non-hydrogen) atoms. The molecule has 0 aromatic rings. The van der Waals surface area contributed by atoms with Crippen LogP contribution >= 0.6 is 0 Å². The van der Waals surface area contributed by atoms with Crippen molar-refractivity contribution in [2.45, 2.75) is 58.5 Å². The van der Waals surface area contributed by atoms with Gasteiger partial charge in [0, 0.05) is 18.6 Å². The van der Waals surface area contributed by atoms with Crippen LogP contribution in [0.4, 0.5) is 0 Å². The Labute approximate surface area is 106 Å². The molecule has 5 heteroatoms. The van der Waals surface area contributed by atoms with Crippen LogP contribution in [-0.2, 0) is 10.0 Å². The van der Waals surface area contributed by atoms with E-state index >= 15 is 0 Å². The number of hydrogen-bond acceptors (Lipinski definition) is 3. The molecule has 102 valence electrons.